The molecule has 2 aromatic carbocycles. The minimum atomic E-state index is -0.557. The Hall–Kier alpha value is -2.82. The number of hydrogen-bond acceptors (Lipinski definition) is 3. The molecule has 2 N–H and O–H groups in total. The van der Waals surface area contributed by atoms with E-state index in [1.165, 1.54) is 0 Å². The number of nitrogens with one attached hydrogen (secondary N) is 2. The molecule has 0 spiro atoms. The van der Waals surface area contributed by atoms with Crippen molar-refractivity contribution in [3.05, 3.63) is 71.8 Å². The highest BCUT2D eigenvalue weighted by molar-refractivity contribution is 5.78. The monoisotopic (exact) mass is 354 g/mol. The second-order valence-electron chi connectivity index (χ2n) is 7.00. The molecule has 0 aliphatic rings. The van der Waals surface area contributed by atoms with Crippen LogP contribution in [0.4, 0.5) is 4.79 Å². The highest BCUT2D eigenvalue weighted by Crippen LogP contribution is 2.21. The van der Waals surface area contributed by atoms with E-state index in [0.29, 0.717) is 0 Å². The summed E-state index contributed by atoms with van der Waals surface area (Å²) in [6.45, 7) is 5.61. The zero-order valence-corrected chi connectivity index (χ0v) is 15.5. The molecule has 2 amide bonds. The quantitative estimate of drug-likeness (QED) is 0.829. The Balaban J connectivity index is 1.94. The first-order valence-corrected chi connectivity index (χ1v) is 8.71. The van der Waals surface area contributed by atoms with Gasteiger partial charge in [0.1, 0.15) is 5.60 Å². The Morgan fingerprint density at radius 3 is 1.88 bits per heavy atom. The van der Waals surface area contributed by atoms with Crippen molar-refractivity contribution < 1.29 is 14.3 Å². The average Bonchev–Trinajstić information content (AvgIpc) is 2.59. The lowest BCUT2D eigenvalue weighted by Gasteiger charge is -2.21. The minimum Gasteiger partial charge on any atom is -0.444 e. The lowest BCUT2D eigenvalue weighted by Crippen LogP contribution is -2.36. The van der Waals surface area contributed by atoms with Gasteiger partial charge in [0.05, 0.1) is 6.04 Å². The predicted molar refractivity (Wildman–Crippen MR) is 102 cm³/mol. The summed E-state index contributed by atoms with van der Waals surface area (Å²) in [6, 6.07) is 19.4. The van der Waals surface area contributed by atoms with E-state index in [4.69, 9.17) is 4.74 Å². The van der Waals surface area contributed by atoms with Crippen molar-refractivity contribution in [1.82, 2.24) is 10.6 Å². The molecule has 0 aliphatic carbocycles. The average molecular weight is 354 g/mol. The molecule has 0 aromatic heterocycles. The number of alkyl carbamates (subject to hydrolysis) is 1. The van der Waals surface area contributed by atoms with Crippen molar-refractivity contribution in [1.29, 1.82) is 0 Å². The summed E-state index contributed by atoms with van der Waals surface area (Å²) in [7, 11) is 0. The van der Waals surface area contributed by atoms with Gasteiger partial charge in [-0.25, -0.2) is 4.79 Å². The molecule has 0 saturated heterocycles. The summed E-state index contributed by atoms with van der Waals surface area (Å²) >= 11 is 0. The zero-order chi connectivity index (χ0) is 19.0. The number of ether oxygens (including phenoxy) is 1. The largest absolute Gasteiger partial charge is 0.444 e. The van der Waals surface area contributed by atoms with E-state index >= 15 is 0 Å². The fourth-order valence-corrected chi connectivity index (χ4v) is 2.48. The van der Waals surface area contributed by atoms with Crippen LogP contribution in [0.2, 0.25) is 0 Å². The summed E-state index contributed by atoms with van der Waals surface area (Å²) in [5.74, 6) is -0.140. The fraction of sp³-hybridized carbons (Fsp3) is 0.333. The molecule has 0 fully saturated rings. The van der Waals surface area contributed by atoms with Crippen LogP contribution < -0.4 is 10.6 Å². The maximum atomic E-state index is 12.4. The molecular formula is C21H26N2O3. The maximum Gasteiger partial charge on any atom is 0.407 e. The first kappa shape index (κ1) is 19.5. The van der Waals surface area contributed by atoms with Gasteiger partial charge in [-0.05, 0) is 31.9 Å². The summed E-state index contributed by atoms with van der Waals surface area (Å²) in [6.07, 6.45) is -0.344. The molecular weight excluding hydrogens is 328 g/mol. The van der Waals surface area contributed by atoms with Crippen LogP contribution in [-0.2, 0) is 9.53 Å². The smallest absolute Gasteiger partial charge is 0.407 e. The molecule has 5 nitrogen and oxygen atoms in total. The molecule has 2 rings (SSSR count). The highest BCUT2D eigenvalue weighted by atomic mass is 16.6. The lowest BCUT2D eigenvalue weighted by molar-refractivity contribution is -0.121. The van der Waals surface area contributed by atoms with Gasteiger partial charge in [-0.3, -0.25) is 4.79 Å². The van der Waals surface area contributed by atoms with Crippen LogP contribution in [0, 0.1) is 0 Å². The van der Waals surface area contributed by atoms with Crippen molar-refractivity contribution in [3.63, 3.8) is 0 Å². The number of carbonyl (C=O) groups excluding carboxylic acids is 2. The third kappa shape index (κ3) is 6.59. The van der Waals surface area contributed by atoms with Crippen LogP contribution in [0.1, 0.15) is 44.4 Å². The second kappa shape index (κ2) is 9.04. The molecule has 0 unspecified atom stereocenters. The standard InChI is InChI=1S/C21H26N2O3/c1-21(2,3)26-20(25)22-15-14-18(24)23-19(16-10-6-4-7-11-16)17-12-8-5-9-13-17/h4-13,19H,14-15H2,1-3H3,(H,22,25)(H,23,24). The van der Waals surface area contributed by atoms with Gasteiger partial charge in [-0.1, -0.05) is 60.7 Å². The second-order valence-corrected chi connectivity index (χ2v) is 7.00. The van der Waals surface area contributed by atoms with Gasteiger partial charge >= 0.3 is 6.09 Å². The van der Waals surface area contributed by atoms with Crippen LogP contribution in [-0.4, -0.2) is 24.1 Å². The normalized spacial score (nSPS) is 11.1. The van der Waals surface area contributed by atoms with Crippen molar-refractivity contribution in [3.8, 4) is 0 Å². The molecule has 2 aromatic rings. The Morgan fingerprint density at radius 1 is 0.923 bits per heavy atom. The SMILES string of the molecule is CC(C)(C)OC(=O)NCCC(=O)NC(c1ccccc1)c1ccccc1. The molecule has 0 heterocycles. The van der Waals surface area contributed by atoms with Gasteiger partial charge in [0.15, 0.2) is 0 Å². The van der Waals surface area contributed by atoms with Gasteiger partial charge < -0.3 is 15.4 Å². The van der Waals surface area contributed by atoms with Crippen LogP contribution in [0.3, 0.4) is 0 Å². The molecule has 138 valence electrons. The maximum absolute atomic E-state index is 12.4. The highest BCUT2D eigenvalue weighted by Gasteiger charge is 2.18. The van der Waals surface area contributed by atoms with Crippen LogP contribution in [0.25, 0.3) is 0 Å². The van der Waals surface area contributed by atoms with Crippen LogP contribution in [0.15, 0.2) is 60.7 Å². The van der Waals surface area contributed by atoms with E-state index in [-0.39, 0.29) is 24.9 Å². The number of amides is 2. The summed E-state index contributed by atoms with van der Waals surface area (Å²) in [4.78, 5) is 24.0. The van der Waals surface area contributed by atoms with Crippen LogP contribution >= 0.6 is 0 Å². The van der Waals surface area contributed by atoms with Gasteiger partial charge in [0, 0.05) is 13.0 Å². The van der Waals surface area contributed by atoms with Crippen molar-refractivity contribution in [2.45, 2.75) is 38.8 Å². The molecule has 0 radical (unpaired) electrons. The number of hydrogen-bond donors (Lipinski definition) is 2. The molecule has 0 atom stereocenters. The van der Waals surface area contributed by atoms with Crippen molar-refractivity contribution in [2.24, 2.45) is 0 Å². The number of rotatable bonds is 6. The molecule has 5 heteroatoms. The zero-order valence-electron chi connectivity index (χ0n) is 15.5. The predicted octanol–water partition coefficient (Wildman–Crippen LogP) is 3.81. The summed E-state index contributed by atoms with van der Waals surface area (Å²) < 4.78 is 5.16. The van der Waals surface area contributed by atoms with Crippen LogP contribution in [0.5, 0.6) is 0 Å². The van der Waals surface area contributed by atoms with E-state index in [1.54, 1.807) is 20.8 Å². The molecule has 0 aliphatic heterocycles. The van der Waals surface area contributed by atoms with Gasteiger partial charge in [0.2, 0.25) is 5.91 Å². The molecule has 0 bridgehead atoms. The van der Waals surface area contributed by atoms with E-state index < -0.39 is 11.7 Å². The lowest BCUT2D eigenvalue weighted by atomic mass is 9.98. The van der Waals surface area contributed by atoms with Gasteiger partial charge in [0.25, 0.3) is 0 Å². The first-order valence-electron chi connectivity index (χ1n) is 8.71. The van der Waals surface area contributed by atoms with E-state index in [1.807, 2.05) is 60.7 Å². The van der Waals surface area contributed by atoms with Crippen molar-refractivity contribution in [2.75, 3.05) is 6.54 Å². The Labute approximate surface area is 154 Å². The summed E-state index contributed by atoms with van der Waals surface area (Å²) in [5.41, 5.74) is 1.46. The van der Waals surface area contributed by atoms with E-state index in [2.05, 4.69) is 10.6 Å². The topological polar surface area (TPSA) is 67.4 Å². The Bertz CT molecular complexity index is 670. The Morgan fingerprint density at radius 2 is 1.42 bits per heavy atom. The Kier molecular flexibility index (Phi) is 6.78. The number of carbonyl (C=O) groups is 2. The first-order chi connectivity index (χ1) is 12.3. The number of benzene rings is 2. The van der Waals surface area contributed by atoms with Gasteiger partial charge in [-0.2, -0.15) is 0 Å². The third-order valence-electron chi connectivity index (χ3n) is 3.59. The van der Waals surface area contributed by atoms with E-state index in [0.717, 1.165) is 11.1 Å². The van der Waals surface area contributed by atoms with Gasteiger partial charge in [-0.15, -0.1) is 0 Å². The molecule has 26 heavy (non-hydrogen) atoms. The fourth-order valence-electron chi connectivity index (χ4n) is 2.48. The molecule has 0 saturated carbocycles. The minimum absolute atomic E-state index is 0.140. The summed E-state index contributed by atoms with van der Waals surface area (Å²) in [5, 5.41) is 5.64. The van der Waals surface area contributed by atoms with Crippen molar-refractivity contribution >= 4 is 12.0 Å². The third-order valence-corrected chi connectivity index (χ3v) is 3.59. The van der Waals surface area contributed by atoms with E-state index in [9.17, 15) is 9.59 Å².